The number of carbonyl (C=O) groups is 2. The molecule has 7 heteroatoms. The van der Waals surface area contributed by atoms with Crippen LogP contribution in [0.1, 0.15) is 77.6 Å². The maximum atomic E-state index is 12.0. The molecule has 0 spiro atoms. The zero-order chi connectivity index (χ0) is 21.6. The van der Waals surface area contributed by atoms with Crippen LogP contribution in [0.25, 0.3) is 0 Å². The van der Waals surface area contributed by atoms with Crippen LogP contribution in [-0.4, -0.2) is 72.6 Å². The van der Waals surface area contributed by atoms with Crippen molar-refractivity contribution in [2.24, 2.45) is 0 Å². The van der Waals surface area contributed by atoms with Crippen LogP contribution in [0.2, 0.25) is 0 Å². The fourth-order valence-corrected chi connectivity index (χ4v) is 3.17. The van der Waals surface area contributed by atoms with E-state index in [9.17, 15) is 24.9 Å². The normalized spacial score (nSPS) is 15.1. The molecule has 0 aliphatic heterocycles. The highest BCUT2D eigenvalue weighted by Crippen LogP contribution is 2.13. The zero-order valence-corrected chi connectivity index (χ0v) is 18.2. The maximum absolute atomic E-state index is 12.0. The second-order valence-corrected chi connectivity index (χ2v) is 8.92. The van der Waals surface area contributed by atoms with E-state index in [1.807, 2.05) is 28.1 Å². The Balaban J connectivity index is 3.90. The number of quaternary nitrogens is 1. The third-order valence-corrected chi connectivity index (χ3v) is 4.51. The minimum absolute atomic E-state index is 0.111. The molecule has 0 amide bonds. The van der Waals surface area contributed by atoms with Gasteiger partial charge in [-0.05, 0) is 19.8 Å². The van der Waals surface area contributed by atoms with Crippen LogP contribution < -0.4 is 5.11 Å². The molecular weight excluding hydrogens is 362 g/mol. The molecule has 28 heavy (non-hydrogen) atoms. The van der Waals surface area contributed by atoms with Crippen LogP contribution in [0.15, 0.2) is 0 Å². The number of carbonyl (C=O) groups excluding carboxylic acids is 2. The summed E-state index contributed by atoms with van der Waals surface area (Å²) in [6.07, 6.45) is 6.70. The van der Waals surface area contributed by atoms with Crippen LogP contribution in [0, 0.1) is 0 Å². The first-order chi connectivity index (χ1) is 13.0. The van der Waals surface area contributed by atoms with E-state index in [1.54, 1.807) is 0 Å². The summed E-state index contributed by atoms with van der Waals surface area (Å²) in [5, 5.41) is 30.0. The third kappa shape index (κ3) is 18.2. The van der Waals surface area contributed by atoms with Crippen molar-refractivity contribution in [1.29, 1.82) is 0 Å². The van der Waals surface area contributed by atoms with E-state index >= 15 is 0 Å². The lowest BCUT2D eigenvalue weighted by Gasteiger charge is -2.29. The number of carboxylic acid groups (broad SMARTS) is 1. The molecule has 7 nitrogen and oxygen atoms in total. The number of rotatable bonds is 17. The van der Waals surface area contributed by atoms with E-state index in [2.05, 4.69) is 0 Å². The smallest absolute Gasteiger partial charge is 0.308 e. The Hall–Kier alpha value is -1.18. The van der Waals surface area contributed by atoms with Gasteiger partial charge in [0.2, 0.25) is 0 Å². The van der Waals surface area contributed by atoms with Crippen molar-refractivity contribution in [1.82, 2.24) is 0 Å². The number of aliphatic hydroxyl groups excluding tert-OH is 2. The Labute approximate surface area is 170 Å². The molecule has 0 aromatic carbocycles. The van der Waals surface area contributed by atoms with Crippen LogP contribution in [0.3, 0.4) is 0 Å². The molecule has 0 saturated carbocycles. The number of aliphatic hydroxyl groups is 2. The largest absolute Gasteiger partial charge is 0.550 e. The van der Waals surface area contributed by atoms with Gasteiger partial charge >= 0.3 is 5.97 Å². The summed E-state index contributed by atoms with van der Waals surface area (Å²) in [7, 11) is 5.66. The molecule has 0 rings (SSSR count). The maximum Gasteiger partial charge on any atom is 0.308 e. The van der Waals surface area contributed by atoms with Gasteiger partial charge in [0.1, 0.15) is 6.54 Å². The van der Waals surface area contributed by atoms with E-state index in [-0.39, 0.29) is 18.9 Å². The summed E-state index contributed by atoms with van der Waals surface area (Å²) >= 11 is 0. The first kappa shape index (κ1) is 26.8. The van der Waals surface area contributed by atoms with Gasteiger partial charge in [-0.2, -0.15) is 0 Å². The molecule has 0 aromatic heterocycles. The molecule has 166 valence electrons. The van der Waals surface area contributed by atoms with E-state index in [0.717, 1.165) is 51.4 Å². The Bertz CT molecular complexity index is 433. The average molecular weight is 404 g/mol. The second kappa shape index (κ2) is 14.8. The number of carboxylic acids is 1. The molecular formula is C21H41NO6. The van der Waals surface area contributed by atoms with E-state index < -0.39 is 24.1 Å². The number of likely N-dealkylation sites (N-methyl/N-ethyl adjacent to an activating group) is 1. The topological polar surface area (TPSA) is 107 Å². The minimum Gasteiger partial charge on any atom is -0.550 e. The predicted molar refractivity (Wildman–Crippen MR) is 106 cm³/mol. The van der Waals surface area contributed by atoms with Crippen molar-refractivity contribution in [3.63, 3.8) is 0 Å². The van der Waals surface area contributed by atoms with Crippen molar-refractivity contribution < 1.29 is 34.1 Å². The van der Waals surface area contributed by atoms with E-state index in [0.29, 0.717) is 17.4 Å². The Kier molecular flexibility index (Phi) is 14.1. The van der Waals surface area contributed by atoms with Gasteiger partial charge in [0.15, 0.2) is 6.10 Å². The molecule has 0 aliphatic rings. The van der Waals surface area contributed by atoms with Gasteiger partial charge in [-0.25, -0.2) is 0 Å². The lowest BCUT2D eigenvalue weighted by Crippen LogP contribution is -2.45. The monoisotopic (exact) mass is 403 g/mol. The van der Waals surface area contributed by atoms with E-state index in [4.69, 9.17) is 4.74 Å². The molecule has 3 unspecified atom stereocenters. The molecule has 0 saturated heterocycles. The van der Waals surface area contributed by atoms with Gasteiger partial charge in [-0.3, -0.25) is 4.79 Å². The number of hydrogen-bond acceptors (Lipinski definition) is 6. The lowest BCUT2D eigenvalue weighted by molar-refractivity contribution is -0.873. The number of nitrogens with zero attached hydrogens (tertiary/aromatic N) is 1. The average Bonchev–Trinajstić information content (AvgIpc) is 2.50. The summed E-state index contributed by atoms with van der Waals surface area (Å²) in [5.41, 5.74) is 0. The highest BCUT2D eigenvalue weighted by Gasteiger charge is 2.23. The number of ether oxygens (including phenoxy) is 1. The molecule has 2 N–H and O–H groups in total. The molecule has 0 fully saturated rings. The molecule has 0 aliphatic carbocycles. The third-order valence-electron chi connectivity index (χ3n) is 4.51. The van der Waals surface area contributed by atoms with Crippen LogP contribution in [-0.2, 0) is 14.3 Å². The summed E-state index contributed by atoms with van der Waals surface area (Å²) in [6.45, 7) is 2.18. The van der Waals surface area contributed by atoms with Gasteiger partial charge in [0.05, 0.1) is 39.8 Å². The molecule has 0 radical (unpaired) electrons. The quantitative estimate of drug-likeness (QED) is 0.216. The first-order valence-corrected chi connectivity index (χ1v) is 10.6. The number of hydrogen-bond donors (Lipinski definition) is 2. The van der Waals surface area contributed by atoms with Crippen molar-refractivity contribution >= 4 is 11.9 Å². The van der Waals surface area contributed by atoms with Crippen molar-refractivity contribution in [2.45, 2.75) is 95.9 Å². The van der Waals surface area contributed by atoms with Gasteiger partial charge in [-0.15, -0.1) is 0 Å². The molecule has 0 bridgehead atoms. The van der Waals surface area contributed by atoms with Crippen LogP contribution in [0.5, 0.6) is 0 Å². The summed E-state index contributed by atoms with van der Waals surface area (Å²) < 4.78 is 5.72. The fourth-order valence-electron chi connectivity index (χ4n) is 3.17. The highest BCUT2D eigenvalue weighted by atomic mass is 16.5. The molecule has 0 aromatic rings. The lowest BCUT2D eigenvalue weighted by atomic mass is 10.0. The highest BCUT2D eigenvalue weighted by molar-refractivity contribution is 5.71. The Morgan fingerprint density at radius 1 is 0.893 bits per heavy atom. The van der Waals surface area contributed by atoms with Gasteiger partial charge in [-0.1, -0.05) is 44.9 Å². The summed E-state index contributed by atoms with van der Waals surface area (Å²) in [4.78, 5) is 22.8. The Morgan fingerprint density at radius 2 is 1.39 bits per heavy atom. The summed E-state index contributed by atoms with van der Waals surface area (Å²) in [6, 6.07) is 0. The van der Waals surface area contributed by atoms with Crippen molar-refractivity contribution in [3.8, 4) is 0 Å². The van der Waals surface area contributed by atoms with Gasteiger partial charge in [0, 0.05) is 12.4 Å². The first-order valence-electron chi connectivity index (χ1n) is 10.6. The number of esters is 1. The van der Waals surface area contributed by atoms with Crippen LogP contribution >= 0.6 is 0 Å². The Morgan fingerprint density at radius 3 is 1.86 bits per heavy atom. The van der Waals surface area contributed by atoms with Crippen molar-refractivity contribution in [3.05, 3.63) is 0 Å². The summed E-state index contributed by atoms with van der Waals surface area (Å²) in [5.74, 6) is -1.82. The fraction of sp³-hybridized carbons (Fsp3) is 0.905. The standard InChI is InChI=1S/C21H41NO6/c1-17(23)12-10-8-6-5-7-9-11-13-18(24)14-21(27)28-19(15-20(25)26)16-22(2,3)4/h17-19,23-24H,5-16H2,1-4H3. The second-order valence-electron chi connectivity index (χ2n) is 8.92. The number of aliphatic carboxylic acids is 1. The number of unbranched alkanes of at least 4 members (excludes halogenated alkanes) is 6. The van der Waals surface area contributed by atoms with Crippen molar-refractivity contribution in [2.75, 3.05) is 27.7 Å². The predicted octanol–water partition coefficient (Wildman–Crippen LogP) is 1.39. The molecule has 3 atom stereocenters. The molecule has 0 heterocycles. The van der Waals surface area contributed by atoms with Gasteiger partial charge in [0.25, 0.3) is 0 Å². The van der Waals surface area contributed by atoms with Gasteiger partial charge < -0.3 is 29.3 Å². The van der Waals surface area contributed by atoms with Crippen LogP contribution in [0.4, 0.5) is 0 Å². The SMILES string of the molecule is CC(O)CCCCCCCCCC(O)CC(=O)OC(CC(=O)[O-])C[N+](C)(C)C. The van der Waals surface area contributed by atoms with E-state index in [1.165, 1.54) is 0 Å². The minimum atomic E-state index is -1.25. The zero-order valence-electron chi connectivity index (χ0n) is 18.2.